The monoisotopic (exact) mass is 555 g/mol. The molecule has 4 aromatic carbocycles. The normalized spacial score (nSPS) is 16.4. The summed E-state index contributed by atoms with van der Waals surface area (Å²) in [6, 6.07) is 34.0. The van der Waals surface area contributed by atoms with E-state index >= 15 is 0 Å². The zero-order valence-corrected chi connectivity index (χ0v) is 24.8. The Morgan fingerprint density at radius 1 is 0.651 bits per heavy atom. The van der Waals surface area contributed by atoms with E-state index in [4.69, 9.17) is 4.42 Å². The van der Waals surface area contributed by atoms with E-state index in [1.807, 2.05) is 6.07 Å². The van der Waals surface area contributed by atoms with Crippen LogP contribution in [0.2, 0.25) is 0 Å². The van der Waals surface area contributed by atoms with Crippen LogP contribution >= 0.6 is 0 Å². The first-order chi connectivity index (χ1) is 21.0. The second-order valence-electron chi connectivity index (χ2n) is 12.4. The fourth-order valence-electron chi connectivity index (χ4n) is 7.94. The standard InChI is InChI=1S/C40H31N2O/c1-22-11-13-29-32(18-22)38-28-9-6-5-8-27(28)37(29)33-20-26(19-24(3)35(33)38)25-15-17-42(4)34(21-25)36-23(2)12-14-30-31-10-7-16-41-40(31)43-39(30)36/h5-21,37-38H,1-4H3/q+1. The van der Waals surface area contributed by atoms with Crippen molar-refractivity contribution in [1.29, 1.82) is 0 Å². The SMILES string of the molecule is Cc1ccc2c(c1)C1c3ccccc3C2c2cc(-c3cc[n+](C)c(-c4c(C)ccc5c4oc4ncccc45)c3)cc(C)c21. The van der Waals surface area contributed by atoms with Crippen molar-refractivity contribution in [3.8, 4) is 22.4 Å². The molecule has 0 fully saturated rings. The summed E-state index contributed by atoms with van der Waals surface area (Å²) < 4.78 is 8.60. The number of aromatic nitrogens is 2. The molecule has 3 nitrogen and oxygen atoms in total. The second-order valence-corrected chi connectivity index (χ2v) is 12.4. The van der Waals surface area contributed by atoms with Gasteiger partial charge in [0.05, 0.1) is 5.56 Å². The molecule has 3 aromatic heterocycles. The Bertz CT molecular complexity index is 2310. The van der Waals surface area contributed by atoms with Crippen molar-refractivity contribution in [3.63, 3.8) is 0 Å². The molecule has 0 aliphatic heterocycles. The fraction of sp³-hybridized carbons (Fsp3) is 0.150. The van der Waals surface area contributed by atoms with Crippen LogP contribution in [0, 0.1) is 20.8 Å². The lowest BCUT2D eigenvalue weighted by Crippen LogP contribution is -2.30. The molecule has 0 saturated heterocycles. The Labute approximate surface area is 251 Å². The van der Waals surface area contributed by atoms with E-state index in [1.54, 1.807) is 6.20 Å². The van der Waals surface area contributed by atoms with E-state index in [-0.39, 0.29) is 11.8 Å². The minimum absolute atomic E-state index is 0.254. The lowest BCUT2D eigenvalue weighted by atomic mass is 9.60. The summed E-state index contributed by atoms with van der Waals surface area (Å²) in [7, 11) is 2.12. The van der Waals surface area contributed by atoms with Gasteiger partial charge in [-0.3, -0.25) is 0 Å². The third-order valence-electron chi connectivity index (χ3n) is 9.87. The number of benzene rings is 4. The predicted octanol–water partition coefficient (Wildman–Crippen LogP) is 9.05. The molecular weight excluding hydrogens is 524 g/mol. The maximum Gasteiger partial charge on any atom is 0.227 e. The lowest BCUT2D eigenvalue weighted by Gasteiger charge is -2.43. The van der Waals surface area contributed by atoms with Gasteiger partial charge in [-0.15, -0.1) is 0 Å². The first-order valence-electron chi connectivity index (χ1n) is 15.1. The first kappa shape index (κ1) is 24.6. The molecule has 43 heavy (non-hydrogen) atoms. The Hall–Kier alpha value is -5.02. The number of fused-ring (bicyclic) bond motifs is 3. The molecule has 0 spiro atoms. The Kier molecular flexibility index (Phi) is 5.00. The van der Waals surface area contributed by atoms with Gasteiger partial charge in [0.25, 0.3) is 0 Å². The largest absolute Gasteiger partial charge is 0.437 e. The van der Waals surface area contributed by atoms with E-state index in [9.17, 15) is 0 Å². The van der Waals surface area contributed by atoms with Crippen LogP contribution in [0.25, 0.3) is 44.5 Å². The van der Waals surface area contributed by atoms with Crippen LogP contribution in [0.3, 0.4) is 0 Å². The molecule has 10 rings (SSSR count). The van der Waals surface area contributed by atoms with Crippen LogP contribution in [0.15, 0.2) is 108 Å². The number of nitrogens with zero attached hydrogens (tertiary/aromatic N) is 2. The molecule has 3 heterocycles. The van der Waals surface area contributed by atoms with Gasteiger partial charge in [0.1, 0.15) is 7.05 Å². The van der Waals surface area contributed by atoms with E-state index in [0.717, 1.165) is 27.6 Å². The maximum atomic E-state index is 6.40. The highest BCUT2D eigenvalue weighted by Crippen LogP contribution is 2.57. The Morgan fingerprint density at radius 3 is 2.33 bits per heavy atom. The summed E-state index contributed by atoms with van der Waals surface area (Å²) in [4.78, 5) is 4.50. The van der Waals surface area contributed by atoms with E-state index in [1.165, 1.54) is 61.2 Å². The highest BCUT2D eigenvalue weighted by atomic mass is 16.3. The van der Waals surface area contributed by atoms with Gasteiger partial charge >= 0.3 is 0 Å². The molecule has 3 heteroatoms. The summed E-state index contributed by atoms with van der Waals surface area (Å²) in [6.07, 6.45) is 3.97. The quantitative estimate of drug-likeness (QED) is 0.199. The number of pyridine rings is 2. The van der Waals surface area contributed by atoms with Crippen LogP contribution in [0.1, 0.15) is 61.9 Å². The molecule has 0 saturated carbocycles. The highest BCUT2D eigenvalue weighted by molar-refractivity contribution is 6.08. The van der Waals surface area contributed by atoms with Crippen molar-refractivity contribution >= 4 is 22.1 Å². The summed E-state index contributed by atoms with van der Waals surface area (Å²) in [6.45, 7) is 6.68. The average molecular weight is 556 g/mol. The van der Waals surface area contributed by atoms with Gasteiger partial charge in [0.15, 0.2) is 11.8 Å². The number of aryl methyl sites for hydroxylation is 4. The molecule has 2 unspecified atom stereocenters. The molecule has 206 valence electrons. The molecule has 3 aliphatic carbocycles. The number of furan rings is 1. The minimum atomic E-state index is 0.254. The van der Waals surface area contributed by atoms with Gasteiger partial charge in [0, 0.05) is 40.9 Å². The Morgan fingerprint density at radius 2 is 1.47 bits per heavy atom. The number of hydrogen-bond donors (Lipinski definition) is 0. The minimum Gasteiger partial charge on any atom is -0.437 e. The zero-order valence-electron chi connectivity index (χ0n) is 24.8. The smallest absolute Gasteiger partial charge is 0.227 e. The summed E-state index contributed by atoms with van der Waals surface area (Å²) >= 11 is 0. The van der Waals surface area contributed by atoms with Crippen molar-refractivity contribution < 1.29 is 8.98 Å². The lowest BCUT2D eigenvalue weighted by molar-refractivity contribution is -0.660. The fourth-order valence-corrected chi connectivity index (χ4v) is 7.94. The van der Waals surface area contributed by atoms with E-state index < -0.39 is 0 Å². The molecule has 7 aromatic rings. The van der Waals surface area contributed by atoms with Gasteiger partial charge in [-0.2, -0.15) is 0 Å². The van der Waals surface area contributed by atoms with E-state index in [0.29, 0.717) is 5.71 Å². The van der Waals surface area contributed by atoms with Crippen LogP contribution in [-0.4, -0.2) is 4.98 Å². The van der Waals surface area contributed by atoms with Crippen LogP contribution < -0.4 is 4.57 Å². The topological polar surface area (TPSA) is 29.9 Å². The Balaban J connectivity index is 1.25. The number of rotatable bonds is 2. The van der Waals surface area contributed by atoms with Gasteiger partial charge in [-0.25, -0.2) is 9.55 Å². The van der Waals surface area contributed by atoms with Gasteiger partial charge in [0.2, 0.25) is 11.4 Å². The van der Waals surface area contributed by atoms with Crippen molar-refractivity contribution in [2.24, 2.45) is 7.05 Å². The van der Waals surface area contributed by atoms with Crippen molar-refractivity contribution in [1.82, 2.24) is 4.98 Å². The summed E-state index contributed by atoms with van der Waals surface area (Å²) in [5.74, 6) is 0.537. The van der Waals surface area contributed by atoms with Crippen LogP contribution in [0.5, 0.6) is 0 Å². The third kappa shape index (κ3) is 3.36. The molecule has 2 bridgehead atoms. The van der Waals surface area contributed by atoms with Crippen molar-refractivity contribution in [2.75, 3.05) is 0 Å². The average Bonchev–Trinajstić information content (AvgIpc) is 3.39. The molecule has 0 radical (unpaired) electrons. The van der Waals surface area contributed by atoms with Gasteiger partial charge < -0.3 is 4.42 Å². The summed E-state index contributed by atoms with van der Waals surface area (Å²) in [5, 5.41) is 2.15. The molecular formula is C40H31N2O+. The van der Waals surface area contributed by atoms with Gasteiger partial charge in [-0.1, -0.05) is 66.2 Å². The highest BCUT2D eigenvalue weighted by Gasteiger charge is 2.42. The maximum absolute atomic E-state index is 6.40. The molecule has 3 aliphatic rings. The predicted molar refractivity (Wildman–Crippen MR) is 173 cm³/mol. The van der Waals surface area contributed by atoms with Crippen LogP contribution in [-0.2, 0) is 7.05 Å². The van der Waals surface area contributed by atoms with E-state index in [2.05, 4.69) is 128 Å². The van der Waals surface area contributed by atoms with Crippen LogP contribution in [0.4, 0.5) is 0 Å². The number of hydrogen-bond acceptors (Lipinski definition) is 2. The van der Waals surface area contributed by atoms with Gasteiger partial charge in [-0.05, 0) is 94.6 Å². The first-order valence-corrected chi connectivity index (χ1v) is 15.1. The molecule has 2 atom stereocenters. The van der Waals surface area contributed by atoms with Crippen molar-refractivity contribution in [2.45, 2.75) is 32.6 Å². The molecule has 0 N–H and O–H groups in total. The second kappa shape index (κ2) is 8.75. The third-order valence-corrected chi connectivity index (χ3v) is 9.87. The summed E-state index contributed by atoms with van der Waals surface area (Å²) in [5.41, 5.74) is 18.9. The van der Waals surface area contributed by atoms with Crippen molar-refractivity contribution in [3.05, 3.63) is 153 Å². The zero-order chi connectivity index (χ0) is 29.0. The molecule has 0 amide bonds.